The van der Waals surface area contributed by atoms with Gasteiger partial charge in [0.05, 0.1) is 12.0 Å². The molecule has 8 heteroatoms. The van der Waals surface area contributed by atoms with Crippen molar-refractivity contribution in [3.05, 3.63) is 41.9 Å². The van der Waals surface area contributed by atoms with Crippen LogP contribution in [0.15, 0.2) is 41.8 Å². The summed E-state index contributed by atoms with van der Waals surface area (Å²) < 4.78 is 28.7. The Morgan fingerprint density at radius 3 is 2.86 bits per heavy atom. The monoisotopic (exact) mass is 328 g/mol. The molecule has 0 aliphatic heterocycles. The number of nitrogen functional groups attached to an aromatic ring is 1. The van der Waals surface area contributed by atoms with Crippen LogP contribution in [0.25, 0.3) is 0 Å². The number of unbranched alkanes of at least 4 members (excludes halogenated alkanes) is 1. The molecule has 1 heterocycles. The van der Waals surface area contributed by atoms with E-state index in [1.54, 1.807) is 18.6 Å². The molecule has 0 saturated heterocycles. The van der Waals surface area contributed by atoms with Crippen LogP contribution in [0, 0.1) is 0 Å². The fourth-order valence-electron chi connectivity index (χ4n) is 1.86. The van der Waals surface area contributed by atoms with Crippen molar-refractivity contribution in [3.63, 3.8) is 0 Å². The third-order valence-electron chi connectivity index (χ3n) is 2.96. The maximum absolute atomic E-state index is 12.1. The molecule has 0 aliphatic rings. The van der Waals surface area contributed by atoms with Gasteiger partial charge in [-0.15, -0.1) is 0 Å². The first-order valence-corrected chi connectivity index (χ1v) is 8.35. The van der Waals surface area contributed by atoms with Crippen molar-refractivity contribution >= 4 is 27.3 Å². The summed E-state index contributed by atoms with van der Waals surface area (Å²) in [7, 11) is -3.63. The topological polar surface area (TPSA) is 90.0 Å². The summed E-state index contributed by atoms with van der Waals surface area (Å²) in [5.74, 6) is 0. The predicted octanol–water partition coefficient (Wildman–Crippen LogP) is 1.88. The number of aromatic nitrogens is 2. The van der Waals surface area contributed by atoms with Gasteiger partial charge in [-0.2, -0.15) is 0 Å². The highest BCUT2D eigenvalue weighted by Crippen LogP contribution is 2.22. The van der Waals surface area contributed by atoms with Crippen LogP contribution in [0.5, 0.6) is 0 Å². The Bertz CT molecular complexity index is 686. The Balaban J connectivity index is 1.85. The van der Waals surface area contributed by atoms with Crippen LogP contribution in [0.2, 0.25) is 5.02 Å². The molecule has 0 bridgehead atoms. The Morgan fingerprint density at radius 1 is 1.33 bits per heavy atom. The van der Waals surface area contributed by atoms with Gasteiger partial charge in [0.15, 0.2) is 0 Å². The minimum absolute atomic E-state index is 0.0182. The summed E-state index contributed by atoms with van der Waals surface area (Å²) in [5.41, 5.74) is 5.87. The molecule has 1 aromatic heterocycles. The molecule has 0 atom stereocenters. The summed E-state index contributed by atoms with van der Waals surface area (Å²) in [5, 5.41) is 0.338. The molecule has 0 aliphatic carbocycles. The van der Waals surface area contributed by atoms with Crippen molar-refractivity contribution in [1.82, 2.24) is 14.3 Å². The van der Waals surface area contributed by atoms with Crippen LogP contribution >= 0.6 is 11.6 Å². The standard InChI is InChI=1S/C13H17ClN4O2S/c14-11-3-4-12(15)13(9-11)21(19,20)17-5-1-2-7-18-8-6-16-10-18/h3-4,6,8-10,17H,1-2,5,7,15H2. The number of nitrogens with zero attached hydrogens (tertiary/aromatic N) is 2. The summed E-state index contributed by atoms with van der Waals surface area (Å²) in [6.07, 6.45) is 6.89. The van der Waals surface area contributed by atoms with Crippen LogP contribution in [-0.4, -0.2) is 24.5 Å². The van der Waals surface area contributed by atoms with Gasteiger partial charge in [0.2, 0.25) is 10.0 Å². The molecule has 6 nitrogen and oxygen atoms in total. The fourth-order valence-corrected chi connectivity index (χ4v) is 3.33. The number of hydrogen-bond donors (Lipinski definition) is 2. The second kappa shape index (κ2) is 6.93. The van der Waals surface area contributed by atoms with Crippen molar-refractivity contribution in [1.29, 1.82) is 0 Å². The highest BCUT2D eigenvalue weighted by atomic mass is 35.5. The molecule has 0 fully saturated rings. The predicted molar refractivity (Wildman–Crippen MR) is 82.5 cm³/mol. The van der Waals surface area contributed by atoms with Crippen molar-refractivity contribution < 1.29 is 8.42 Å². The summed E-state index contributed by atoms with van der Waals surface area (Å²) >= 11 is 5.81. The number of aryl methyl sites for hydroxylation is 1. The number of rotatable bonds is 7. The number of anilines is 1. The average Bonchev–Trinajstić information content (AvgIpc) is 2.94. The van der Waals surface area contributed by atoms with Crippen LogP contribution in [0.3, 0.4) is 0 Å². The van der Waals surface area contributed by atoms with Crippen LogP contribution < -0.4 is 10.5 Å². The lowest BCUT2D eigenvalue weighted by molar-refractivity contribution is 0.566. The van der Waals surface area contributed by atoms with Gasteiger partial charge < -0.3 is 10.3 Å². The smallest absolute Gasteiger partial charge is 0.242 e. The maximum atomic E-state index is 12.1. The highest BCUT2D eigenvalue weighted by Gasteiger charge is 2.17. The Labute approximate surface area is 129 Å². The highest BCUT2D eigenvalue weighted by molar-refractivity contribution is 7.89. The molecule has 2 rings (SSSR count). The largest absolute Gasteiger partial charge is 0.398 e. The van der Waals surface area contributed by atoms with Crippen molar-refractivity contribution in [2.45, 2.75) is 24.3 Å². The molecular formula is C13H17ClN4O2S. The van der Waals surface area contributed by atoms with Crippen molar-refractivity contribution in [2.75, 3.05) is 12.3 Å². The Kier molecular flexibility index (Phi) is 5.22. The Hall–Kier alpha value is -1.57. The molecule has 0 saturated carbocycles. The third-order valence-corrected chi connectivity index (χ3v) is 4.71. The van der Waals surface area contributed by atoms with Crippen LogP contribution in [0.1, 0.15) is 12.8 Å². The number of sulfonamides is 1. The molecule has 21 heavy (non-hydrogen) atoms. The third kappa shape index (κ3) is 4.45. The molecule has 0 unspecified atom stereocenters. The average molecular weight is 329 g/mol. The van der Waals surface area contributed by atoms with E-state index in [9.17, 15) is 8.42 Å². The molecule has 2 aromatic rings. The molecule has 1 aromatic carbocycles. The summed E-state index contributed by atoms with van der Waals surface area (Å²) in [6, 6.07) is 4.39. The van der Waals surface area contributed by atoms with Crippen molar-refractivity contribution in [3.8, 4) is 0 Å². The number of nitrogens with one attached hydrogen (secondary N) is 1. The molecule has 0 spiro atoms. The number of halogens is 1. The molecular weight excluding hydrogens is 312 g/mol. The van der Waals surface area contributed by atoms with E-state index in [1.165, 1.54) is 12.1 Å². The first kappa shape index (κ1) is 15.8. The van der Waals surface area contributed by atoms with Gasteiger partial charge in [-0.25, -0.2) is 18.1 Å². The lowest BCUT2D eigenvalue weighted by atomic mass is 10.3. The minimum Gasteiger partial charge on any atom is -0.398 e. The molecule has 0 amide bonds. The van der Waals surface area contributed by atoms with E-state index >= 15 is 0 Å². The first-order valence-electron chi connectivity index (χ1n) is 6.49. The Morgan fingerprint density at radius 2 is 2.14 bits per heavy atom. The molecule has 0 radical (unpaired) electrons. The van der Waals surface area contributed by atoms with Gasteiger partial charge >= 0.3 is 0 Å². The quantitative estimate of drug-likeness (QED) is 0.600. The van der Waals surface area contributed by atoms with Gasteiger partial charge in [0.1, 0.15) is 4.90 Å². The van der Waals surface area contributed by atoms with Gasteiger partial charge in [-0.05, 0) is 31.0 Å². The minimum atomic E-state index is -3.63. The van der Waals surface area contributed by atoms with Gasteiger partial charge in [0.25, 0.3) is 0 Å². The van der Waals surface area contributed by atoms with E-state index in [0.717, 1.165) is 19.4 Å². The van der Waals surface area contributed by atoms with E-state index in [4.69, 9.17) is 17.3 Å². The summed E-state index contributed by atoms with van der Waals surface area (Å²) in [4.78, 5) is 3.96. The normalized spacial score (nSPS) is 11.7. The van der Waals surface area contributed by atoms with Crippen molar-refractivity contribution in [2.24, 2.45) is 0 Å². The lowest BCUT2D eigenvalue weighted by Gasteiger charge is -2.09. The number of benzene rings is 1. The zero-order chi connectivity index (χ0) is 15.3. The number of hydrogen-bond acceptors (Lipinski definition) is 4. The zero-order valence-electron chi connectivity index (χ0n) is 11.4. The second-order valence-electron chi connectivity index (χ2n) is 4.59. The number of nitrogens with two attached hydrogens (primary N) is 1. The van der Waals surface area contributed by atoms with Crippen LogP contribution in [-0.2, 0) is 16.6 Å². The van der Waals surface area contributed by atoms with Gasteiger partial charge in [-0.3, -0.25) is 0 Å². The molecule has 114 valence electrons. The molecule has 3 N–H and O–H groups in total. The summed E-state index contributed by atoms with van der Waals surface area (Å²) in [6.45, 7) is 1.16. The number of imidazole rings is 1. The first-order chi connectivity index (χ1) is 9.99. The lowest BCUT2D eigenvalue weighted by Crippen LogP contribution is -2.25. The second-order valence-corrected chi connectivity index (χ2v) is 6.76. The fraction of sp³-hybridized carbons (Fsp3) is 0.308. The van der Waals surface area contributed by atoms with E-state index in [-0.39, 0.29) is 10.6 Å². The SMILES string of the molecule is Nc1ccc(Cl)cc1S(=O)(=O)NCCCCn1ccnc1. The van der Waals surface area contributed by atoms with Gasteiger partial charge in [-0.1, -0.05) is 11.6 Å². The van der Waals surface area contributed by atoms with Gasteiger partial charge in [0, 0.05) is 30.5 Å². The van der Waals surface area contributed by atoms with E-state index in [1.807, 2.05) is 10.8 Å². The van der Waals surface area contributed by atoms with Crippen LogP contribution in [0.4, 0.5) is 5.69 Å². The van der Waals surface area contributed by atoms with E-state index in [2.05, 4.69) is 9.71 Å². The van der Waals surface area contributed by atoms with E-state index < -0.39 is 10.0 Å². The van der Waals surface area contributed by atoms with E-state index in [0.29, 0.717) is 11.6 Å². The maximum Gasteiger partial charge on any atom is 0.242 e. The zero-order valence-corrected chi connectivity index (χ0v) is 12.9.